The lowest BCUT2D eigenvalue weighted by Crippen LogP contribution is -2.26. The fourth-order valence-electron chi connectivity index (χ4n) is 2.48. The molecule has 0 aromatic heterocycles. The van der Waals surface area contributed by atoms with Gasteiger partial charge in [-0.3, -0.25) is 0 Å². The summed E-state index contributed by atoms with van der Waals surface area (Å²) in [7, 11) is 0. The van der Waals surface area contributed by atoms with Crippen LogP contribution in [-0.2, 0) is 5.33 Å². The highest BCUT2D eigenvalue weighted by Gasteiger charge is 2.20. The van der Waals surface area contributed by atoms with Gasteiger partial charge in [-0.15, -0.1) is 0 Å². The van der Waals surface area contributed by atoms with E-state index < -0.39 is 11.6 Å². The Balaban J connectivity index is 2.27. The molecule has 0 radical (unpaired) electrons. The molecule has 1 aromatic rings. The predicted molar refractivity (Wildman–Crippen MR) is 74.2 cm³/mol. The second-order valence-corrected chi connectivity index (χ2v) is 5.63. The van der Waals surface area contributed by atoms with Crippen LogP contribution in [0.5, 0.6) is 0 Å². The Morgan fingerprint density at radius 1 is 1.22 bits per heavy atom. The summed E-state index contributed by atoms with van der Waals surface area (Å²) in [6.45, 7) is 3.68. The van der Waals surface area contributed by atoms with Gasteiger partial charge in [-0.2, -0.15) is 0 Å². The summed E-state index contributed by atoms with van der Waals surface area (Å²) in [6.07, 6.45) is 3.14. The maximum atomic E-state index is 14.0. The van der Waals surface area contributed by atoms with Crippen LogP contribution in [0.3, 0.4) is 0 Å². The van der Waals surface area contributed by atoms with E-state index in [9.17, 15) is 8.78 Å². The van der Waals surface area contributed by atoms with Gasteiger partial charge >= 0.3 is 0 Å². The van der Waals surface area contributed by atoms with E-state index >= 15 is 0 Å². The Hall–Kier alpha value is -0.640. The highest BCUT2D eigenvalue weighted by Crippen LogP contribution is 2.29. The Kier molecular flexibility index (Phi) is 4.60. The molecule has 1 atom stereocenters. The molecule has 0 saturated carbocycles. The van der Waals surface area contributed by atoms with Crippen LogP contribution in [0.2, 0.25) is 0 Å². The van der Waals surface area contributed by atoms with Gasteiger partial charge in [0.05, 0.1) is 0 Å². The zero-order valence-electron chi connectivity index (χ0n) is 10.6. The van der Waals surface area contributed by atoms with Crippen LogP contribution in [0.4, 0.5) is 14.5 Å². The Labute approximate surface area is 115 Å². The first-order chi connectivity index (χ1) is 8.61. The molecular weight excluding hydrogens is 300 g/mol. The SMILES string of the molecule is CC1CCCN(c2c(F)cc(CBr)cc2F)CC1. The zero-order valence-corrected chi connectivity index (χ0v) is 12.1. The van der Waals surface area contributed by atoms with E-state index in [0.29, 0.717) is 16.8 Å². The molecule has 1 heterocycles. The molecule has 1 nitrogen and oxygen atoms in total. The monoisotopic (exact) mass is 317 g/mol. The van der Waals surface area contributed by atoms with Crippen molar-refractivity contribution in [3.8, 4) is 0 Å². The second-order valence-electron chi connectivity index (χ2n) is 5.06. The lowest BCUT2D eigenvalue weighted by molar-refractivity contribution is 0.519. The maximum absolute atomic E-state index is 14.0. The van der Waals surface area contributed by atoms with Crippen LogP contribution in [0.15, 0.2) is 12.1 Å². The highest BCUT2D eigenvalue weighted by atomic mass is 79.9. The standard InChI is InChI=1S/C14H18BrF2N/c1-10-3-2-5-18(6-4-10)14-12(16)7-11(9-15)8-13(14)17/h7-8,10H,2-6,9H2,1H3. The molecule has 0 amide bonds. The van der Waals surface area contributed by atoms with Crippen molar-refractivity contribution in [2.24, 2.45) is 5.92 Å². The van der Waals surface area contributed by atoms with E-state index in [-0.39, 0.29) is 5.69 Å². The van der Waals surface area contributed by atoms with Gasteiger partial charge < -0.3 is 4.90 Å². The van der Waals surface area contributed by atoms with Crippen LogP contribution >= 0.6 is 15.9 Å². The molecule has 1 fully saturated rings. The van der Waals surface area contributed by atoms with Gasteiger partial charge in [0.15, 0.2) is 0 Å². The van der Waals surface area contributed by atoms with Gasteiger partial charge in [-0.25, -0.2) is 8.78 Å². The van der Waals surface area contributed by atoms with E-state index in [4.69, 9.17) is 0 Å². The first kappa shape index (κ1) is 13.8. The fraction of sp³-hybridized carbons (Fsp3) is 0.571. The van der Waals surface area contributed by atoms with Crippen molar-refractivity contribution < 1.29 is 8.78 Å². The summed E-state index contributed by atoms with van der Waals surface area (Å²) >= 11 is 3.22. The molecule has 4 heteroatoms. The molecule has 1 saturated heterocycles. The van der Waals surface area contributed by atoms with Crippen molar-refractivity contribution in [1.29, 1.82) is 0 Å². The summed E-state index contributed by atoms with van der Waals surface area (Å²) in [5.74, 6) is -0.249. The lowest BCUT2D eigenvalue weighted by atomic mass is 10.0. The number of rotatable bonds is 2. The number of halogens is 3. The lowest BCUT2D eigenvalue weighted by Gasteiger charge is -2.24. The van der Waals surface area contributed by atoms with E-state index in [1.807, 2.05) is 4.90 Å². The Morgan fingerprint density at radius 2 is 1.89 bits per heavy atom. The summed E-state index contributed by atoms with van der Waals surface area (Å²) < 4.78 is 28.0. The minimum Gasteiger partial charge on any atom is -0.367 e. The van der Waals surface area contributed by atoms with Gasteiger partial charge in [0.2, 0.25) is 0 Å². The number of hydrogen-bond acceptors (Lipinski definition) is 1. The summed E-state index contributed by atoms with van der Waals surface area (Å²) in [5.41, 5.74) is 0.783. The molecule has 2 rings (SSSR count). The number of nitrogens with zero attached hydrogens (tertiary/aromatic N) is 1. The topological polar surface area (TPSA) is 3.24 Å². The Morgan fingerprint density at radius 3 is 2.50 bits per heavy atom. The number of anilines is 1. The van der Waals surface area contributed by atoms with Crippen molar-refractivity contribution in [2.75, 3.05) is 18.0 Å². The average molecular weight is 318 g/mol. The van der Waals surface area contributed by atoms with Crippen LogP contribution in [0.25, 0.3) is 0 Å². The van der Waals surface area contributed by atoms with Crippen molar-refractivity contribution in [3.05, 3.63) is 29.3 Å². The quantitative estimate of drug-likeness (QED) is 0.727. The zero-order chi connectivity index (χ0) is 13.1. The van der Waals surface area contributed by atoms with Crippen molar-refractivity contribution in [1.82, 2.24) is 0 Å². The van der Waals surface area contributed by atoms with Gasteiger partial charge in [-0.05, 0) is 42.9 Å². The van der Waals surface area contributed by atoms with Gasteiger partial charge in [-0.1, -0.05) is 22.9 Å². The normalized spacial score (nSPS) is 20.9. The third-order valence-electron chi connectivity index (χ3n) is 3.56. The van der Waals surface area contributed by atoms with Gasteiger partial charge in [0.25, 0.3) is 0 Å². The number of alkyl halides is 1. The van der Waals surface area contributed by atoms with Gasteiger partial charge in [0, 0.05) is 18.4 Å². The number of benzene rings is 1. The molecule has 1 aromatic carbocycles. The average Bonchev–Trinajstić information content (AvgIpc) is 2.53. The minimum atomic E-state index is -0.445. The van der Waals surface area contributed by atoms with Gasteiger partial charge in [0.1, 0.15) is 17.3 Å². The van der Waals surface area contributed by atoms with E-state index in [1.165, 1.54) is 12.1 Å². The van der Waals surface area contributed by atoms with E-state index in [2.05, 4.69) is 22.9 Å². The molecule has 0 N–H and O–H groups in total. The third-order valence-corrected chi connectivity index (χ3v) is 4.21. The molecule has 0 aliphatic carbocycles. The molecule has 1 aliphatic heterocycles. The van der Waals surface area contributed by atoms with Crippen molar-refractivity contribution >= 4 is 21.6 Å². The molecule has 18 heavy (non-hydrogen) atoms. The third kappa shape index (κ3) is 3.02. The van der Waals surface area contributed by atoms with Crippen molar-refractivity contribution in [2.45, 2.75) is 31.5 Å². The molecule has 100 valence electrons. The number of hydrogen-bond donors (Lipinski definition) is 0. The summed E-state index contributed by atoms with van der Waals surface area (Å²) in [5, 5.41) is 0.470. The first-order valence-electron chi connectivity index (χ1n) is 6.40. The largest absolute Gasteiger partial charge is 0.367 e. The predicted octanol–water partition coefficient (Wildman–Crippen LogP) is 4.49. The molecule has 0 spiro atoms. The first-order valence-corrected chi connectivity index (χ1v) is 7.52. The molecule has 0 bridgehead atoms. The van der Waals surface area contributed by atoms with Crippen molar-refractivity contribution in [3.63, 3.8) is 0 Å². The molecule has 1 unspecified atom stereocenters. The smallest absolute Gasteiger partial charge is 0.149 e. The van der Waals surface area contributed by atoms with Crippen LogP contribution in [0, 0.1) is 17.6 Å². The summed E-state index contributed by atoms with van der Waals surface area (Å²) in [4.78, 5) is 1.85. The minimum absolute atomic E-state index is 0.147. The van der Waals surface area contributed by atoms with Crippen LogP contribution in [0.1, 0.15) is 31.7 Å². The maximum Gasteiger partial charge on any atom is 0.149 e. The van der Waals surface area contributed by atoms with E-state index in [0.717, 1.165) is 32.4 Å². The second kappa shape index (κ2) is 6.00. The summed E-state index contributed by atoms with van der Waals surface area (Å²) in [6, 6.07) is 2.84. The Bertz CT molecular complexity index is 399. The van der Waals surface area contributed by atoms with E-state index in [1.54, 1.807) is 0 Å². The van der Waals surface area contributed by atoms with Crippen LogP contribution < -0.4 is 4.90 Å². The fourth-order valence-corrected chi connectivity index (χ4v) is 2.81. The molecular formula is C14H18BrF2N. The molecule has 1 aliphatic rings. The van der Waals surface area contributed by atoms with Crippen LogP contribution in [-0.4, -0.2) is 13.1 Å². The highest BCUT2D eigenvalue weighted by molar-refractivity contribution is 9.08.